The van der Waals surface area contributed by atoms with Crippen molar-refractivity contribution in [3.63, 3.8) is 0 Å². The Balaban J connectivity index is 0.000000182. The molecule has 3 heteroatoms. The molecule has 2 heterocycles. The maximum atomic E-state index is 4.46. The average Bonchev–Trinajstić information content (AvgIpc) is 3.08. The van der Waals surface area contributed by atoms with Crippen molar-refractivity contribution in [2.45, 2.75) is 52.4 Å². The molecule has 0 N–H and O–H groups in total. The van der Waals surface area contributed by atoms with Crippen molar-refractivity contribution >= 4 is 0 Å². The van der Waals surface area contributed by atoms with Crippen LogP contribution in [0.15, 0.2) is 109 Å². The molecule has 1 aliphatic carbocycles. The van der Waals surface area contributed by atoms with Gasteiger partial charge in [0.05, 0.1) is 0 Å². The second-order valence-corrected chi connectivity index (χ2v) is 11.8. The van der Waals surface area contributed by atoms with Gasteiger partial charge in [0.15, 0.2) is 0 Å². The fourth-order valence-electron chi connectivity index (χ4n) is 5.59. The summed E-state index contributed by atoms with van der Waals surface area (Å²) in [7, 11) is 0. The number of rotatable bonds is 3. The first-order valence-corrected chi connectivity index (χ1v) is 13.6. The minimum atomic E-state index is 0. The molecule has 40 heavy (non-hydrogen) atoms. The van der Waals surface area contributed by atoms with Gasteiger partial charge in [-0.15, -0.1) is 70.8 Å². The summed E-state index contributed by atoms with van der Waals surface area (Å²) in [6.45, 7) is 14.2. The molecule has 3 aromatic carbocycles. The molecule has 0 bridgehead atoms. The smallest absolute Gasteiger partial charge is 0.0166 e. The summed E-state index contributed by atoms with van der Waals surface area (Å²) in [5, 5.41) is 0. The maximum Gasteiger partial charge on any atom is 0.0166 e. The van der Waals surface area contributed by atoms with E-state index >= 15 is 0 Å². The van der Waals surface area contributed by atoms with E-state index in [4.69, 9.17) is 0 Å². The first-order valence-electron chi connectivity index (χ1n) is 13.6. The van der Waals surface area contributed by atoms with Crippen molar-refractivity contribution in [1.82, 2.24) is 9.97 Å². The Morgan fingerprint density at radius 1 is 0.550 bits per heavy atom. The minimum absolute atomic E-state index is 0. The second-order valence-electron chi connectivity index (χ2n) is 11.8. The van der Waals surface area contributed by atoms with E-state index in [-0.39, 0.29) is 36.4 Å². The molecule has 0 unspecified atom stereocenters. The number of aromatic nitrogens is 2. The summed E-state index contributed by atoms with van der Waals surface area (Å²) >= 11 is 0. The van der Waals surface area contributed by atoms with Gasteiger partial charge in [0.2, 0.25) is 0 Å². The van der Waals surface area contributed by atoms with Gasteiger partial charge in [0, 0.05) is 32.5 Å². The van der Waals surface area contributed by atoms with E-state index in [1.165, 1.54) is 22.3 Å². The summed E-state index contributed by atoms with van der Waals surface area (Å²) in [4.78, 5) is 8.87. The maximum absolute atomic E-state index is 4.46. The van der Waals surface area contributed by atoms with E-state index in [2.05, 4.69) is 100 Å². The van der Waals surface area contributed by atoms with Crippen LogP contribution in [0, 0.1) is 17.5 Å². The molecule has 6 rings (SSSR count). The number of benzene rings is 3. The van der Waals surface area contributed by atoms with Gasteiger partial charge >= 0.3 is 0 Å². The van der Waals surface area contributed by atoms with Crippen molar-refractivity contribution in [2.24, 2.45) is 5.41 Å². The van der Waals surface area contributed by atoms with Crippen molar-refractivity contribution < 1.29 is 20.1 Å². The summed E-state index contributed by atoms with van der Waals surface area (Å²) in [5.74, 6) is 0. The van der Waals surface area contributed by atoms with Crippen LogP contribution in [0.3, 0.4) is 0 Å². The van der Waals surface area contributed by atoms with Gasteiger partial charge in [0.1, 0.15) is 0 Å². The quantitative estimate of drug-likeness (QED) is 0.175. The SMILES string of the molecule is CC1(C)c2c[c-]c(-c3ccccn3)cc2C(C)(C)C1(C)C.[Ir].[c-]1ccccc1-c1cc(-c2ccccc2)ccn1. The molecule has 205 valence electrons. The Bertz CT molecular complexity index is 1500. The first-order chi connectivity index (χ1) is 18.6. The molecular formula is C37H36IrN2-2. The van der Waals surface area contributed by atoms with E-state index in [9.17, 15) is 0 Å². The number of nitrogens with zero attached hydrogens (tertiary/aromatic N) is 2. The van der Waals surface area contributed by atoms with E-state index in [1.54, 1.807) is 0 Å². The van der Waals surface area contributed by atoms with Crippen LogP contribution in [-0.4, -0.2) is 9.97 Å². The van der Waals surface area contributed by atoms with Crippen molar-refractivity contribution in [2.75, 3.05) is 0 Å². The third kappa shape index (κ3) is 5.33. The van der Waals surface area contributed by atoms with Crippen molar-refractivity contribution in [3.8, 4) is 33.6 Å². The van der Waals surface area contributed by atoms with E-state index in [1.807, 2.05) is 73.1 Å². The van der Waals surface area contributed by atoms with Crippen LogP contribution in [0.25, 0.3) is 33.6 Å². The average molecular weight is 701 g/mol. The van der Waals surface area contributed by atoms with Crippen LogP contribution >= 0.6 is 0 Å². The normalized spacial score (nSPS) is 15.7. The molecule has 0 saturated carbocycles. The molecule has 0 aliphatic heterocycles. The molecule has 0 saturated heterocycles. The largest absolute Gasteiger partial charge is 0.305 e. The van der Waals surface area contributed by atoms with Gasteiger partial charge in [-0.2, -0.15) is 0 Å². The number of pyridine rings is 2. The Morgan fingerprint density at radius 2 is 1.23 bits per heavy atom. The van der Waals surface area contributed by atoms with Crippen molar-refractivity contribution in [3.05, 3.63) is 133 Å². The number of hydrogen-bond donors (Lipinski definition) is 0. The van der Waals surface area contributed by atoms with Crippen LogP contribution in [-0.2, 0) is 30.9 Å². The van der Waals surface area contributed by atoms with E-state index in [0.29, 0.717) is 0 Å². The fourth-order valence-corrected chi connectivity index (χ4v) is 5.59. The standard InChI is InChI=1S/C20H24N.C17H12N.Ir/c1-18(2)15-11-10-14(17-9-7-8-12-21-17)13-16(15)19(3,4)20(18,5)6;1-3-7-14(8-4-1)16-11-12-18-17(13-16)15-9-5-2-6-10-15;/h7-9,11-13H,1-6H3;1-9,11-13H;/q2*-1;. The fraction of sp³-hybridized carbons (Fsp3) is 0.243. The van der Waals surface area contributed by atoms with Crippen LogP contribution < -0.4 is 0 Å². The minimum Gasteiger partial charge on any atom is -0.305 e. The molecule has 0 amide bonds. The van der Waals surface area contributed by atoms with Gasteiger partial charge in [-0.3, -0.25) is 0 Å². The van der Waals surface area contributed by atoms with E-state index in [0.717, 1.165) is 22.5 Å². The zero-order valence-corrected chi connectivity index (χ0v) is 26.5. The Morgan fingerprint density at radius 3 is 1.90 bits per heavy atom. The number of fused-ring (bicyclic) bond motifs is 1. The molecule has 2 nitrogen and oxygen atoms in total. The summed E-state index contributed by atoms with van der Waals surface area (Å²) in [6.07, 6.45) is 3.69. The van der Waals surface area contributed by atoms with E-state index < -0.39 is 0 Å². The number of hydrogen-bond acceptors (Lipinski definition) is 2. The van der Waals surface area contributed by atoms with Gasteiger partial charge < -0.3 is 9.97 Å². The summed E-state index contributed by atoms with van der Waals surface area (Å²) < 4.78 is 0. The van der Waals surface area contributed by atoms with Crippen molar-refractivity contribution in [1.29, 1.82) is 0 Å². The molecule has 0 atom stereocenters. The third-order valence-corrected chi connectivity index (χ3v) is 9.22. The predicted octanol–water partition coefficient (Wildman–Crippen LogP) is 9.36. The Kier molecular flexibility index (Phi) is 8.59. The van der Waals surface area contributed by atoms with Gasteiger partial charge in [-0.05, 0) is 50.9 Å². The predicted molar refractivity (Wildman–Crippen MR) is 162 cm³/mol. The first kappa shape index (κ1) is 29.6. The Hall–Kier alpha value is -3.39. The third-order valence-electron chi connectivity index (χ3n) is 9.22. The van der Waals surface area contributed by atoms with Crippen LogP contribution in [0.1, 0.15) is 52.7 Å². The van der Waals surface area contributed by atoms with Gasteiger partial charge in [0.25, 0.3) is 0 Å². The zero-order chi connectivity index (χ0) is 27.7. The topological polar surface area (TPSA) is 25.8 Å². The molecular weight excluding hydrogens is 665 g/mol. The van der Waals surface area contributed by atoms with Crippen LogP contribution in [0.2, 0.25) is 0 Å². The molecule has 1 aliphatic rings. The molecule has 1 radical (unpaired) electrons. The van der Waals surface area contributed by atoms with Gasteiger partial charge in [-0.1, -0.05) is 90.1 Å². The Labute approximate surface area is 253 Å². The van der Waals surface area contributed by atoms with Gasteiger partial charge in [-0.25, -0.2) is 0 Å². The molecule has 2 aromatic heterocycles. The molecule has 5 aromatic rings. The summed E-state index contributed by atoms with van der Waals surface area (Å²) in [5.41, 5.74) is 9.79. The molecule has 0 spiro atoms. The second kappa shape index (κ2) is 11.6. The molecule has 0 fully saturated rings. The monoisotopic (exact) mass is 701 g/mol. The van der Waals surface area contributed by atoms with Crippen LogP contribution in [0.4, 0.5) is 0 Å². The van der Waals surface area contributed by atoms with Crippen LogP contribution in [0.5, 0.6) is 0 Å². The summed E-state index contributed by atoms with van der Waals surface area (Å²) in [6, 6.07) is 39.5. The zero-order valence-electron chi connectivity index (χ0n) is 24.1.